The number of ether oxygens (including phenoxy) is 1. The van der Waals surface area contributed by atoms with Gasteiger partial charge in [0.15, 0.2) is 0 Å². The number of para-hydroxylation sites is 1. The fraction of sp³-hybridized carbons (Fsp3) is 0.526. The van der Waals surface area contributed by atoms with Crippen molar-refractivity contribution in [2.24, 2.45) is 24.1 Å². The summed E-state index contributed by atoms with van der Waals surface area (Å²) in [7, 11) is 2.01. The molecule has 0 aliphatic heterocycles. The van der Waals surface area contributed by atoms with Crippen molar-refractivity contribution in [3.05, 3.63) is 36.0 Å². The summed E-state index contributed by atoms with van der Waals surface area (Å²) in [6, 6.07) is 7.56. The van der Waals surface area contributed by atoms with Crippen LogP contribution in [0.1, 0.15) is 32.3 Å². The number of hydrogen-bond acceptors (Lipinski definition) is 3. The Morgan fingerprint density at radius 2 is 2.04 bits per heavy atom. The summed E-state index contributed by atoms with van der Waals surface area (Å²) >= 11 is 0. The first-order valence-electron chi connectivity index (χ1n) is 8.38. The van der Waals surface area contributed by atoms with E-state index in [4.69, 9.17) is 10.5 Å². The molecule has 0 spiro atoms. The number of esters is 1. The van der Waals surface area contributed by atoms with Gasteiger partial charge in [0, 0.05) is 36.0 Å². The zero-order chi connectivity index (χ0) is 16.6. The van der Waals surface area contributed by atoms with Crippen LogP contribution >= 0.6 is 0 Å². The van der Waals surface area contributed by atoms with Crippen LogP contribution in [-0.4, -0.2) is 23.2 Å². The minimum Gasteiger partial charge on any atom is -0.464 e. The number of carbonyl (C=O) groups excluding carboxylic acids is 1. The number of aromatic nitrogens is 1. The highest BCUT2D eigenvalue weighted by molar-refractivity contribution is 5.85. The van der Waals surface area contributed by atoms with Crippen molar-refractivity contribution in [1.29, 1.82) is 0 Å². The largest absolute Gasteiger partial charge is 0.464 e. The first-order valence-corrected chi connectivity index (χ1v) is 8.38. The molecule has 1 aliphatic carbocycles. The van der Waals surface area contributed by atoms with E-state index in [1.807, 2.05) is 25.4 Å². The Labute approximate surface area is 137 Å². The number of nitrogens with zero attached hydrogens (tertiary/aromatic N) is 1. The van der Waals surface area contributed by atoms with Gasteiger partial charge in [-0.15, -0.1) is 0 Å². The molecule has 124 valence electrons. The molecule has 2 aromatic rings. The Morgan fingerprint density at radius 1 is 1.35 bits per heavy atom. The van der Waals surface area contributed by atoms with Crippen molar-refractivity contribution >= 4 is 16.9 Å². The van der Waals surface area contributed by atoms with Gasteiger partial charge < -0.3 is 15.0 Å². The topological polar surface area (TPSA) is 57.2 Å². The van der Waals surface area contributed by atoms with Crippen LogP contribution in [0.3, 0.4) is 0 Å². The van der Waals surface area contributed by atoms with Crippen molar-refractivity contribution < 1.29 is 9.53 Å². The third-order valence-corrected chi connectivity index (χ3v) is 5.34. The number of nitrogens with two attached hydrogens (primary N) is 1. The summed E-state index contributed by atoms with van der Waals surface area (Å²) in [5.74, 6) is 0.259. The highest BCUT2D eigenvalue weighted by Crippen LogP contribution is 2.51. The number of fused-ring (bicyclic) bond motifs is 1. The smallest absolute Gasteiger partial charge is 0.323 e. The van der Waals surface area contributed by atoms with Gasteiger partial charge in [-0.1, -0.05) is 32.0 Å². The minimum atomic E-state index is -0.608. The standard InChI is InChI=1S/C19H26N2O2/c1-13(2)19(8-9-19)12-23-18(22)16(20)10-14-11-21(3)17-7-5-4-6-15(14)17/h4-7,11,13,16H,8-10,12,20H2,1-3H3/t16-/m1/s1. The second kappa shape index (κ2) is 6.00. The Bertz CT molecular complexity index is 713. The molecule has 1 atom stereocenters. The molecule has 4 heteroatoms. The van der Waals surface area contributed by atoms with Crippen LogP contribution in [0.15, 0.2) is 30.5 Å². The molecule has 4 nitrogen and oxygen atoms in total. The van der Waals surface area contributed by atoms with Gasteiger partial charge in [-0.2, -0.15) is 0 Å². The molecule has 1 saturated carbocycles. The average Bonchev–Trinajstić information content (AvgIpc) is 3.27. The molecule has 0 saturated heterocycles. The molecule has 0 amide bonds. The molecule has 1 aromatic carbocycles. The number of hydrogen-bond donors (Lipinski definition) is 1. The fourth-order valence-electron chi connectivity index (χ4n) is 3.28. The maximum absolute atomic E-state index is 12.2. The summed E-state index contributed by atoms with van der Waals surface area (Å²) in [6.45, 7) is 4.89. The lowest BCUT2D eigenvalue weighted by Crippen LogP contribution is -2.36. The summed E-state index contributed by atoms with van der Waals surface area (Å²) in [6.07, 6.45) is 4.86. The van der Waals surface area contributed by atoms with Crippen LogP contribution in [0.4, 0.5) is 0 Å². The minimum absolute atomic E-state index is 0.203. The predicted octanol–water partition coefficient (Wildman–Crippen LogP) is 3.03. The Kier molecular flexibility index (Phi) is 4.19. The van der Waals surface area contributed by atoms with Crippen molar-refractivity contribution in [3.8, 4) is 0 Å². The van der Waals surface area contributed by atoms with Crippen LogP contribution in [-0.2, 0) is 23.0 Å². The van der Waals surface area contributed by atoms with Crippen LogP contribution in [0.2, 0.25) is 0 Å². The maximum Gasteiger partial charge on any atom is 0.323 e. The molecule has 2 N–H and O–H groups in total. The highest BCUT2D eigenvalue weighted by atomic mass is 16.5. The predicted molar refractivity (Wildman–Crippen MR) is 92.1 cm³/mol. The van der Waals surface area contributed by atoms with Gasteiger partial charge in [0.1, 0.15) is 6.04 Å². The van der Waals surface area contributed by atoms with Crippen LogP contribution < -0.4 is 5.73 Å². The number of carbonyl (C=O) groups is 1. The van der Waals surface area contributed by atoms with E-state index in [2.05, 4.69) is 30.5 Å². The molecule has 3 rings (SSSR count). The first kappa shape index (κ1) is 16.1. The summed E-state index contributed by atoms with van der Waals surface area (Å²) in [5, 5.41) is 1.15. The van der Waals surface area contributed by atoms with Crippen LogP contribution in [0, 0.1) is 11.3 Å². The number of rotatable bonds is 6. The fourth-order valence-corrected chi connectivity index (χ4v) is 3.28. The lowest BCUT2D eigenvalue weighted by molar-refractivity contribution is -0.147. The second-order valence-electron chi connectivity index (χ2n) is 7.22. The van der Waals surface area contributed by atoms with E-state index in [0.29, 0.717) is 18.9 Å². The zero-order valence-corrected chi connectivity index (χ0v) is 14.2. The van der Waals surface area contributed by atoms with Crippen molar-refractivity contribution in [2.45, 2.75) is 39.2 Å². The van der Waals surface area contributed by atoms with E-state index in [-0.39, 0.29) is 11.4 Å². The van der Waals surface area contributed by atoms with E-state index in [9.17, 15) is 4.79 Å². The van der Waals surface area contributed by atoms with Crippen LogP contribution in [0.25, 0.3) is 10.9 Å². The summed E-state index contributed by atoms with van der Waals surface area (Å²) in [4.78, 5) is 12.2. The molecule has 0 unspecified atom stereocenters. The molecule has 23 heavy (non-hydrogen) atoms. The first-order chi connectivity index (χ1) is 10.9. The normalized spacial score (nSPS) is 17.4. The van der Waals surface area contributed by atoms with Crippen molar-refractivity contribution in [1.82, 2.24) is 4.57 Å². The maximum atomic E-state index is 12.2. The highest BCUT2D eigenvalue weighted by Gasteiger charge is 2.46. The van der Waals surface area contributed by atoms with Gasteiger partial charge in [-0.3, -0.25) is 4.79 Å². The molecule has 1 aliphatic rings. The average molecular weight is 314 g/mol. The summed E-state index contributed by atoms with van der Waals surface area (Å²) < 4.78 is 7.58. The molecule has 0 bridgehead atoms. The number of benzene rings is 1. The molecule has 0 radical (unpaired) electrons. The lowest BCUT2D eigenvalue weighted by atomic mass is 9.93. The van der Waals surface area contributed by atoms with Gasteiger partial charge in [0.05, 0.1) is 6.61 Å². The molecule has 1 heterocycles. The quantitative estimate of drug-likeness (QED) is 0.834. The zero-order valence-electron chi connectivity index (χ0n) is 14.2. The van der Waals surface area contributed by atoms with Gasteiger partial charge in [-0.25, -0.2) is 0 Å². The Morgan fingerprint density at radius 3 is 2.70 bits per heavy atom. The van der Waals surface area contributed by atoms with Gasteiger partial charge >= 0.3 is 5.97 Å². The second-order valence-corrected chi connectivity index (χ2v) is 7.22. The molecular weight excluding hydrogens is 288 g/mol. The van der Waals surface area contributed by atoms with Crippen molar-refractivity contribution in [2.75, 3.05) is 6.61 Å². The molecular formula is C19H26N2O2. The van der Waals surface area contributed by atoms with E-state index in [0.717, 1.165) is 29.3 Å². The van der Waals surface area contributed by atoms with Crippen molar-refractivity contribution in [3.63, 3.8) is 0 Å². The third-order valence-electron chi connectivity index (χ3n) is 5.34. The SMILES string of the molecule is CC(C)C1(COC(=O)[C@H](N)Cc2cn(C)c3ccccc23)CC1. The Hall–Kier alpha value is -1.81. The van der Waals surface area contributed by atoms with E-state index >= 15 is 0 Å². The number of aryl methyl sites for hydroxylation is 1. The lowest BCUT2D eigenvalue weighted by Gasteiger charge is -2.20. The Balaban J connectivity index is 1.64. The molecule has 1 fully saturated rings. The monoisotopic (exact) mass is 314 g/mol. The van der Waals surface area contributed by atoms with Crippen LogP contribution in [0.5, 0.6) is 0 Å². The van der Waals surface area contributed by atoms with Gasteiger partial charge in [-0.05, 0) is 30.4 Å². The van der Waals surface area contributed by atoms with Gasteiger partial charge in [0.2, 0.25) is 0 Å². The molecule has 1 aromatic heterocycles. The third kappa shape index (κ3) is 3.13. The van der Waals surface area contributed by atoms with E-state index in [1.165, 1.54) is 0 Å². The van der Waals surface area contributed by atoms with Gasteiger partial charge in [0.25, 0.3) is 0 Å². The summed E-state index contributed by atoms with van der Waals surface area (Å²) in [5.41, 5.74) is 8.54. The van der Waals surface area contributed by atoms with E-state index in [1.54, 1.807) is 0 Å². The van der Waals surface area contributed by atoms with E-state index < -0.39 is 6.04 Å².